The van der Waals surface area contributed by atoms with Crippen LogP contribution in [0.5, 0.6) is 11.5 Å². The summed E-state index contributed by atoms with van der Waals surface area (Å²) in [7, 11) is 0. The summed E-state index contributed by atoms with van der Waals surface area (Å²) in [5.74, 6) is -0.189. The number of benzene rings is 2. The number of carboxylic acids is 1. The Labute approximate surface area is 134 Å². The lowest BCUT2D eigenvalue weighted by molar-refractivity contribution is -0.305. The first-order valence-corrected chi connectivity index (χ1v) is 7.28. The lowest BCUT2D eigenvalue weighted by atomic mass is 10.1. The summed E-state index contributed by atoms with van der Waals surface area (Å²) in [5.41, 5.74) is 2.83. The van der Waals surface area contributed by atoms with Crippen molar-refractivity contribution in [1.29, 1.82) is 0 Å². The summed E-state index contributed by atoms with van der Waals surface area (Å²) in [6.45, 7) is 4.01. The Balaban J connectivity index is 1.96. The molecule has 120 valence electrons. The van der Waals surface area contributed by atoms with Gasteiger partial charge in [0.2, 0.25) is 5.91 Å². The van der Waals surface area contributed by atoms with Crippen LogP contribution in [-0.2, 0) is 9.59 Å². The van der Waals surface area contributed by atoms with E-state index >= 15 is 0 Å². The van der Waals surface area contributed by atoms with Crippen LogP contribution in [0.25, 0.3) is 0 Å². The Hall–Kier alpha value is -2.82. The molecule has 0 radical (unpaired) electrons. The van der Waals surface area contributed by atoms with E-state index in [-0.39, 0.29) is 18.7 Å². The van der Waals surface area contributed by atoms with Crippen molar-refractivity contribution in [3.8, 4) is 11.5 Å². The zero-order valence-corrected chi connectivity index (χ0v) is 13.1. The molecule has 5 nitrogen and oxygen atoms in total. The highest BCUT2D eigenvalue weighted by Gasteiger charge is 2.04. The smallest absolute Gasteiger partial charge is 0.224 e. The number of amides is 1. The van der Waals surface area contributed by atoms with E-state index in [1.807, 2.05) is 26.0 Å². The first-order chi connectivity index (χ1) is 10.9. The molecule has 0 bridgehead atoms. The van der Waals surface area contributed by atoms with Crippen LogP contribution < -0.4 is 15.2 Å². The molecule has 0 aliphatic rings. The highest BCUT2D eigenvalue weighted by atomic mass is 16.5. The average molecular weight is 312 g/mol. The van der Waals surface area contributed by atoms with E-state index in [1.54, 1.807) is 24.3 Å². The summed E-state index contributed by atoms with van der Waals surface area (Å²) in [6.07, 6.45) is -0.400. The number of hydrogen-bond donors (Lipinski definition) is 1. The lowest BCUT2D eigenvalue weighted by Crippen LogP contribution is -2.24. The summed E-state index contributed by atoms with van der Waals surface area (Å²) >= 11 is 0. The van der Waals surface area contributed by atoms with Gasteiger partial charge in [0.25, 0.3) is 0 Å². The second kappa shape index (κ2) is 7.45. The molecule has 0 atom stereocenters. The molecule has 5 heteroatoms. The van der Waals surface area contributed by atoms with Crippen LogP contribution in [0, 0.1) is 13.8 Å². The molecule has 0 heterocycles. The lowest BCUT2D eigenvalue weighted by Gasteiger charge is -2.09. The van der Waals surface area contributed by atoms with Crippen LogP contribution in [-0.4, -0.2) is 11.9 Å². The molecule has 0 unspecified atom stereocenters. The number of aliphatic carboxylic acids is 1. The number of aryl methyl sites for hydroxylation is 2. The number of hydrogen-bond acceptors (Lipinski definition) is 4. The van der Waals surface area contributed by atoms with Gasteiger partial charge >= 0.3 is 0 Å². The van der Waals surface area contributed by atoms with Gasteiger partial charge in [0.05, 0.1) is 0 Å². The molecule has 2 aromatic carbocycles. The second-order valence-electron chi connectivity index (χ2n) is 5.37. The maximum absolute atomic E-state index is 11.5. The average Bonchev–Trinajstić information content (AvgIpc) is 2.46. The molecule has 0 aromatic heterocycles. The molecule has 1 amide bonds. The van der Waals surface area contributed by atoms with E-state index in [2.05, 4.69) is 11.4 Å². The largest absolute Gasteiger partial charge is 0.550 e. The van der Waals surface area contributed by atoms with Crippen molar-refractivity contribution in [2.45, 2.75) is 26.7 Å². The van der Waals surface area contributed by atoms with Gasteiger partial charge in [0.15, 0.2) is 0 Å². The van der Waals surface area contributed by atoms with Crippen molar-refractivity contribution in [2.24, 2.45) is 0 Å². The third-order valence-electron chi connectivity index (χ3n) is 3.13. The van der Waals surface area contributed by atoms with Crippen molar-refractivity contribution in [3.63, 3.8) is 0 Å². The van der Waals surface area contributed by atoms with Gasteiger partial charge in [-0.2, -0.15) is 0 Å². The van der Waals surface area contributed by atoms with Gasteiger partial charge in [-0.3, -0.25) is 4.79 Å². The van der Waals surface area contributed by atoms with Crippen molar-refractivity contribution in [1.82, 2.24) is 0 Å². The number of carboxylic acid groups (broad SMARTS) is 1. The first-order valence-electron chi connectivity index (χ1n) is 7.28. The van der Waals surface area contributed by atoms with Gasteiger partial charge < -0.3 is 20.0 Å². The molecule has 2 aromatic rings. The van der Waals surface area contributed by atoms with Crippen LogP contribution in [0.15, 0.2) is 42.5 Å². The maximum atomic E-state index is 11.5. The molecule has 0 aliphatic heterocycles. The summed E-state index contributed by atoms with van der Waals surface area (Å²) in [6, 6.07) is 12.9. The molecule has 0 saturated heterocycles. The topological polar surface area (TPSA) is 78.5 Å². The van der Waals surface area contributed by atoms with E-state index in [0.29, 0.717) is 11.4 Å². The van der Waals surface area contributed by atoms with E-state index in [4.69, 9.17) is 4.74 Å². The molecule has 0 fully saturated rings. The van der Waals surface area contributed by atoms with Gasteiger partial charge in [-0.1, -0.05) is 6.07 Å². The fourth-order valence-electron chi connectivity index (χ4n) is 2.17. The predicted molar refractivity (Wildman–Crippen MR) is 85.3 cm³/mol. The third kappa shape index (κ3) is 5.47. The highest BCUT2D eigenvalue weighted by Crippen LogP contribution is 2.25. The molecule has 1 N–H and O–H groups in total. The quantitative estimate of drug-likeness (QED) is 0.889. The SMILES string of the molecule is Cc1cc(C)cc(Oc2ccc(NC(=O)CCC(=O)[O-])cc2)c1. The fourth-order valence-corrected chi connectivity index (χ4v) is 2.17. The van der Waals surface area contributed by atoms with Gasteiger partial charge in [0.1, 0.15) is 11.5 Å². The van der Waals surface area contributed by atoms with Crippen LogP contribution in [0.1, 0.15) is 24.0 Å². The Morgan fingerprint density at radius 3 is 2.13 bits per heavy atom. The molecule has 0 aliphatic carbocycles. The van der Waals surface area contributed by atoms with Crippen molar-refractivity contribution in [3.05, 3.63) is 53.6 Å². The normalized spacial score (nSPS) is 10.2. The summed E-state index contributed by atoms with van der Waals surface area (Å²) in [5, 5.41) is 12.9. The minimum absolute atomic E-state index is 0.108. The molecular weight excluding hydrogens is 294 g/mol. The Morgan fingerprint density at radius 2 is 1.57 bits per heavy atom. The molecule has 0 spiro atoms. The molecule has 0 saturated carbocycles. The van der Waals surface area contributed by atoms with Gasteiger partial charge in [-0.15, -0.1) is 0 Å². The maximum Gasteiger partial charge on any atom is 0.224 e. The predicted octanol–water partition coefficient (Wildman–Crippen LogP) is 2.56. The molecule has 23 heavy (non-hydrogen) atoms. The number of nitrogens with one attached hydrogen (secondary N) is 1. The second-order valence-corrected chi connectivity index (χ2v) is 5.37. The molecule has 2 rings (SSSR count). The number of anilines is 1. The minimum Gasteiger partial charge on any atom is -0.550 e. The Kier molecular flexibility index (Phi) is 5.36. The zero-order valence-electron chi connectivity index (χ0n) is 13.1. The van der Waals surface area contributed by atoms with E-state index in [9.17, 15) is 14.7 Å². The van der Waals surface area contributed by atoms with Gasteiger partial charge in [0, 0.05) is 18.1 Å². The van der Waals surface area contributed by atoms with Crippen LogP contribution in [0.3, 0.4) is 0 Å². The van der Waals surface area contributed by atoms with Crippen LogP contribution in [0.2, 0.25) is 0 Å². The van der Waals surface area contributed by atoms with Gasteiger partial charge in [-0.05, 0) is 67.8 Å². The first kappa shape index (κ1) is 16.5. The van der Waals surface area contributed by atoms with Crippen LogP contribution >= 0.6 is 0 Å². The number of carbonyl (C=O) groups excluding carboxylic acids is 2. The van der Waals surface area contributed by atoms with Gasteiger partial charge in [-0.25, -0.2) is 0 Å². The van der Waals surface area contributed by atoms with Crippen molar-refractivity contribution < 1.29 is 19.4 Å². The molecular formula is C18H18NO4-. The van der Waals surface area contributed by atoms with E-state index < -0.39 is 5.97 Å². The number of carbonyl (C=O) groups is 2. The monoisotopic (exact) mass is 312 g/mol. The third-order valence-corrected chi connectivity index (χ3v) is 3.13. The standard InChI is InChI=1S/C18H19NO4/c1-12-9-13(2)11-16(10-12)23-15-5-3-14(4-6-15)19-17(20)7-8-18(21)22/h3-6,9-11H,7-8H2,1-2H3,(H,19,20)(H,21,22)/p-1. The van der Waals surface area contributed by atoms with Crippen molar-refractivity contribution in [2.75, 3.05) is 5.32 Å². The van der Waals surface area contributed by atoms with E-state index in [0.717, 1.165) is 16.9 Å². The van der Waals surface area contributed by atoms with E-state index in [1.165, 1.54) is 0 Å². The van der Waals surface area contributed by atoms with Crippen LogP contribution in [0.4, 0.5) is 5.69 Å². The minimum atomic E-state index is -1.24. The van der Waals surface area contributed by atoms with Crippen molar-refractivity contribution >= 4 is 17.6 Å². The zero-order chi connectivity index (χ0) is 16.8. The highest BCUT2D eigenvalue weighted by molar-refractivity contribution is 5.92. The Bertz CT molecular complexity index is 687. The number of ether oxygens (including phenoxy) is 1. The summed E-state index contributed by atoms with van der Waals surface area (Å²) < 4.78 is 5.78. The number of rotatable bonds is 6. The Morgan fingerprint density at radius 1 is 0.957 bits per heavy atom. The fraction of sp³-hybridized carbons (Fsp3) is 0.222. The summed E-state index contributed by atoms with van der Waals surface area (Å²) in [4.78, 5) is 21.8.